The van der Waals surface area contributed by atoms with E-state index in [1.54, 1.807) is 6.07 Å². The number of nitrogens with two attached hydrogens (primary N) is 1. The minimum atomic E-state index is -3.44. The van der Waals surface area contributed by atoms with E-state index < -0.39 is 10.0 Å². The lowest BCUT2D eigenvalue weighted by atomic mass is 9.64. The molecule has 4 nitrogen and oxygen atoms in total. The molecule has 1 aromatic rings. The van der Waals surface area contributed by atoms with E-state index in [0.717, 1.165) is 24.8 Å². The van der Waals surface area contributed by atoms with Gasteiger partial charge in [0.1, 0.15) is 4.21 Å². The highest BCUT2D eigenvalue weighted by atomic mass is 32.2. The van der Waals surface area contributed by atoms with Gasteiger partial charge in [-0.3, -0.25) is 0 Å². The summed E-state index contributed by atoms with van der Waals surface area (Å²) in [6.45, 7) is 9.23. The van der Waals surface area contributed by atoms with Crippen LogP contribution in [0.25, 0.3) is 0 Å². The molecule has 0 bridgehead atoms. The van der Waals surface area contributed by atoms with Crippen LogP contribution >= 0.6 is 11.3 Å². The van der Waals surface area contributed by atoms with Gasteiger partial charge in [-0.1, -0.05) is 27.7 Å². The van der Waals surface area contributed by atoms with E-state index in [1.165, 1.54) is 11.3 Å². The van der Waals surface area contributed by atoms with Gasteiger partial charge in [0.05, 0.1) is 0 Å². The minimum absolute atomic E-state index is 0.00261. The third kappa shape index (κ3) is 4.28. The number of hydrogen-bond donors (Lipinski definition) is 2. The topological polar surface area (TPSA) is 72.2 Å². The fourth-order valence-corrected chi connectivity index (χ4v) is 6.28. The summed E-state index contributed by atoms with van der Waals surface area (Å²) in [7, 11) is -3.44. The molecule has 0 amide bonds. The predicted octanol–water partition coefficient (Wildman–Crippen LogP) is 3.09. The average molecular weight is 331 g/mol. The van der Waals surface area contributed by atoms with Crippen LogP contribution in [0.4, 0.5) is 0 Å². The zero-order chi connectivity index (χ0) is 15.9. The molecule has 1 aliphatic rings. The first-order chi connectivity index (χ1) is 9.53. The third-order valence-corrected chi connectivity index (χ3v) is 7.02. The summed E-state index contributed by atoms with van der Waals surface area (Å²) >= 11 is 1.24. The first-order valence-electron chi connectivity index (χ1n) is 7.33. The Hall–Kier alpha value is -0.430. The summed E-state index contributed by atoms with van der Waals surface area (Å²) in [6.07, 6.45) is 2.88. The highest BCUT2D eigenvalue weighted by molar-refractivity contribution is 7.91. The highest BCUT2D eigenvalue weighted by Gasteiger charge is 2.40. The second-order valence-electron chi connectivity index (χ2n) is 7.71. The summed E-state index contributed by atoms with van der Waals surface area (Å²) < 4.78 is 28.3. The van der Waals surface area contributed by atoms with Crippen LogP contribution in [0.5, 0.6) is 0 Å². The van der Waals surface area contributed by atoms with Crippen molar-refractivity contribution in [3.63, 3.8) is 0 Å². The molecule has 3 N–H and O–H groups in total. The van der Waals surface area contributed by atoms with Gasteiger partial charge in [0.2, 0.25) is 10.0 Å². The van der Waals surface area contributed by atoms with Crippen molar-refractivity contribution in [3.05, 3.63) is 17.0 Å². The normalized spacial score (nSPS) is 22.3. The SMILES string of the molecule is CC1(C)CC(NS(=O)(=O)c2cc(CN)cs2)CC(C)(C)C1. The van der Waals surface area contributed by atoms with Crippen LogP contribution in [-0.2, 0) is 16.6 Å². The first-order valence-corrected chi connectivity index (χ1v) is 9.69. The van der Waals surface area contributed by atoms with Crippen LogP contribution in [0.3, 0.4) is 0 Å². The number of sulfonamides is 1. The molecule has 0 unspecified atom stereocenters. The molecule has 21 heavy (non-hydrogen) atoms. The summed E-state index contributed by atoms with van der Waals surface area (Å²) in [5, 5.41) is 1.81. The van der Waals surface area contributed by atoms with E-state index in [-0.39, 0.29) is 16.9 Å². The number of hydrogen-bond acceptors (Lipinski definition) is 4. The minimum Gasteiger partial charge on any atom is -0.326 e. The van der Waals surface area contributed by atoms with Crippen LogP contribution in [0, 0.1) is 10.8 Å². The summed E-state index contributed by atoms with van der Waals surface area (Å²) in [6, 6.07) is 1.67. The predicted molar refractivity (Wildman–Crippen MR) is 87.7 cm³/mol. The van der Waals surface area contributed by atoms with Crippen molar-refractivity contribution < 1.29 is 8.42 Å². The largest absolute Gasteiger partial charge is 0.326 e. The van der Waals surface area contributed by atoms with Crippen molar-refractivity contribution in [2.75, 3.05) is 0 Å². The van der Waals surface area contributed by atoms with Gasteiger partial charge in [-0.05, 0) is 47.1 Å². The molecule has 0 aliphatic heterocycles. The Labute approximate surface area is 132 Å². The molecule has 0 spiro atoms. The van der Waals surface area contributed by atoms with Crippen LogP contribution < -0.4 is 10.5 Å². The van der Waals surface area contributed by atoms with Gasteiger partial charge in [-0.2, -0.15) is 0 Å². The molecule has 120 valence electrons. The zero-order valence-electron chi connectivity index (χ0n) is 13.3. The average Bonchev–Trinajstić information content (AvgIpc) is 2.72. The van der Waals surface area contributed by atoms with Crippen molar-refractivity contribution in [1.82, 2.24) is 4.72 Å². The van der Waals surface area contributed by atoms with E-state index >= 15 is 0 Å². The fraction of sp³-hybridized carbons (Fsp3) is 0.733. The van der Waals surface area contributed by atoms with Gasteiger partial charge < -0.3 is 5.73 Å². The van der Waals surface area contributed by atoms with Crippen LogP contribution in [0.2, 0.25) is 0 Å². The summed E-state index contributed by atoms with van der Waals surface area (Å²) in [4.78, 5) is 0. The van der Waals surface area contributed by atoms with Crippen molar-refractivity contribution in [1.29, 1.82) is 0 Å². The first kappa shape index (κ1) is 16.9. The van der Waals surface area contributed by atoms with E-state index in [0.29, 0.717) is 10.8 Å². The molecule has 1 heterocycles. The smallest absolute Gasteiger partial charge is 0.250 e. The van der Waals surface area contributed by atoms with E-state index in [9.17, 15) is 8.42 Å². The number of nitrogens with one attached hydrogen (secondary N) is 1. The number of rotatable bonds is 4. The Kier molecular flexibility index (Phi) is 4.55. The molecule has 1 aromatic heterocycles. The molecule has 1 aliphatic carbocycles. The van der Waals surface area contributed by atoms with Gasteiger partial charge in [-0.25, -0.2) is 13.1 Å². The summed E-state index contributed by atoms with van der Waals surface area (Å²) in [5.74, 6) is 0. The monoisotopic (exact) mass is 330 g/mol. The maximum atomic E-state index is 12.5. The Morgan fingerprint density at radius 3 is 2.33 bits per heavy atom. The molecule has 0 atom stereocenters. The van der Waals surface area contributed by atoms with Crippen LogP contribution in [0.1, 0.15) is 52.5 Å². The lowest BCUT2D eigenvalue weighted by molar-refractivity contribution is 0.0934. The van der Waals surface area contributed by atoms with Crippen molar-refractivity contribution >= 4 is 21.4 Å². The highest BCUT2D eigenvalue weighted by Crippen LogP contribution is 2.46. The second-order valence-corrected chi connectivity index (χ2v) is 10.6. The van der Waals surface area contributed by atoms with E-state index in [4.69, 9.17) is 5.73 Å². The lowest BCUT2D eigenvalue weighted by Crippen LogP contribution is -2.45. The molecule has 1 saturated carbocycles. The van der Waals surface area contributed by atoms with Crippen molar-refractivity contribution in [2.45, 2.75) is 63.8 Å². The molecule has 0 saturated heterocycles. The molecule has 6 heteroatoms. The summed E-state index contributed by atoms with van der Waals surface area (Å²) in [5.41, 5.74) is 6.74. The second kappa shape index (κ2) is 5.65. The van der Waals surface area contributed by atoms with Gasteiger partial charge >= 0.3 is 0 Å². The molecule has 0 aromatic carbocycles. The van der Waals surface area contributed by atoms with Gasteiger partial charge in [0, 0.05) is 12.6 Å². The standard InChI is InChI=1S/C15H26N2O2S2/c1-14(2)6-12(7-15(3,4)10-14)17-21(18,19)13-5-11(8-16)9-20-13/h5,9,12,17H,6-8,10,16H2,1-4H3. The van der Waals surface area contributed by atoms with Crippen molar-refractivity contribution in [2.24, 2.45) is 16.6 Å². The zero-order valence-corrected chi connectivity index (χ0v) is 14.9. The Morgan fingerprint density at radius 1 is 1.29 bits per heavy atom. The molecule has 0 radical (unpaired) electrons. The fourth-order valence-electron chi connectivity index (χ4n) is 3.81. The lowest BCUT2D eigenvalue weighted by Gasteiger charge is -2.44. The maximum Gasteiger partial charge on any atom is 0.250 e. The molecule has 2 rings (SSSR count). The molecule has 1 fully saturated rings. The van der Waals surface area contributed by atoms with Crippen LogP contribution in [0.15, 0.2) is 15.7 Å². The Bertz CT molecular complexity index is 587. The quantitative estimate of drug-likeness (QED) is 0.891. The van der Waals surface area contributed by atoms with E-state index in [1.807, 2.05) is 5.38 Å². The van der Waals surface area contributed by atoms with Crippen LogP contribution in [-0.4, -0.2) is 14.5 Å². The Morgan fingerprint density at radius 2 is 1.86 bits per heavy atom. The van der Waals surface area contributed by atoms with Gasteiger partial charge in [-0.15, -0.1) is 11.3 Å². The molecular formula is C15H26N2O2S2. The Balaban J connectivity index is 2.16. The van der Waals surface area contributed by atoms with Crippen molar-refractivity contribution in [3.8, 4) is 0 Å². The number of thiophene rings is 1. The maximum absolute atomic E-state index is 12.5. The third-order valence-electron chi connectivity index (χ3n) is 4.01. The molecular weight excluding hydrogens is 304 g/mol. The van der Waals surface area contributed by atoms with Gasteiger partial charge in [0.25, 0.3) is 0 Å². The van der Waals surface area contributed by atoms with Gasteiger partial charge in [0.15, 0.2) is 0 Å². The van der Waals surface area contributed by atoms with E-state index in [2.05, 4.69) is 32.4 Å².